The van der Waals surface area contributed by atoms with Gasteiger partial charge in [0, 0.05) is 18.3 Å². The molecule has 0 aliphatic rings. The second-order valence-corrected chi connectivity index (χ2v) is 6.88. The Kier molecular flexibility index (Phi) is 7.77. The van der Waals surface area contributed by atoms with Crippen LogP contribution < -0.4 is 20.7 Å². The van der Waals surface area contributed by atoms with Crippen molar-refractivity contribution in [2.24, 2.45) is 5.92 Å². The van der Waals surface area contributed by atoms with Gasteiger partial charge in [0.15, 0.2) is 0 Å². The van der Waals surface area contributed by atoms with Crippen LogP contribution in [0.1, 0.15) is 38.1 Å². The minimum atomic E-state index is -0.749. The van der Waals surface area contributed by atoms with Gasteiger partial charge in [0.05, 0.1) is 12.2 Å². The molecule has 2 rings (SSSR count). The number of carbonyl (C=O) groups is 3. The maximum absolute atomic E-state index is 12.8. The van der Waals surface area contributed by atoms with E-state index in [1.54, 1.807) is 48.5 Å². The number of carbonyl (C=O) groups excluding carboxylic acids is 3. The van der Waals surface area contributed by atoms with Gasteiger partial charge in [-0.05, 0) is 43.2 Å². The Bertz CT molecular complexity index is 880. The van der Waals surface area contributed by atoms with Crippen molar-refractivity contribution in [3.8, 4) is 5.75 Å². The number of amides is 3. The highest BCUT2D eigenvalue weighted by Crippen LogP contribution is 2.19. The Balaban J connectivity index is 2.14. The van der Waals surface area contributed by atoms with Crippen LogP contribution in [0.3, 0.4) is 0 Å². The van der Waals surface area contributed by atoms with Crippen molar-refractivity contribution in [1.82, 2.24) is 5.32 Å². The zero-order valence-electron chi connectivity index (χ0n) is 17.1. The van der Waals surface area contributed by atoms with E-state index in [0.717, 1.165) is 0 Å². The first-order valence-electron chi connectivity index (χ1n) is 9.53. The standard InChI is InChI=1S/C22H27N3O4/c1-5-29-19-12-7-6-11-18(19)21(27)25-20(14(2)3)22(28)24-17-10-8-9-16(13-17)23-15(4)26/h6-14,20H,5H2,1-4H3,(H,23,26)(H,24,28)(H,25,27)/t20-/m0/s1. The summed E-state index contributed by atoms with van der Waals surface area (Å²) >= 11 is 0. The van der Waals surface area contributed by atoms with Gasteiger partial charge in [-0.1, -0.05) is 32.0 Å². The largest absolute Gasteiger partial charge is 0.493 e. The Hall–Kier alpha value is -3.35. The molecule has 3 N–H and O–H groups in total. The summed E-state index contributed by atoms with van der Waals surface area (Å²) in [6.07, 6.45) is 0. The number of nitrogens with one attached hydrogen (secondary N) is 3. The average molecular weight is 397 g/mol. The molecule has 154 valence electrons. The van der Waals surface area contributed by atoms with Crippen LogP contribution in [0.15, 0.2) is 48.5 Å². The van der Waals surface area contributed by atoms with E-state index in [1.807, 2.05) is 20.8 Å². The molecule has 0 radical (unpaired) electrons. The molecule has 0 aliphatic carbocycles. The molecule has 2 aromatic rings. The molecule has 0 spiro atoms. The number of rotatable bonds is 8. The van der Waals surface area contributed by atoms with E-state index in [0.29, 0.717) is 29.3 Å². The van der Waals surface area contributed by atoms with Crippen molar-refractivity contribution in [3.63, 3.8) is 0 Å². The highest BCUT2D eigenvalue weighted by atomic mass is 16.5. The molecule has 0 aliphatic heterocycles. The van der Waals surface area contributed by atoms with E-state index in [1.165, 1.54) is 6.92 Å². The first-order chi connectivity index (χ1) is 13.8. The Morgan fingerprint density at radius 2 is 1.62 bits per heavy atom. The molecule has 1 atom stereocenters. The topological polar surface area (TPSA) is 96.5 Å². The Labute approximate surface area is 170 Å². The van der Waals surface area contributed by atoms with E-state index in [2.05, 4.69) is 16.0 Å². The molecule has 0 saturated heterocycles. The average Bonchev–Trinajstić information content (AvgIpc) is 2.66. The predicted octanol–water partition coefficient (Wildman–Crippen LogP) is 3.44. The third-order valence-electron chi connectivity index (χ3n) is 4.12. The maximum Gasteiger partial charge on any atom is 0.255 e. The number of benzene rings is 2. The van der Waals surface area contributed by atoms with Crippen LogP contribution in [0.2, 0.25) is 0 Å². The van der Waals surface area contributed by atoms with Crippen LogP contribution in [-0.4, -0.2) is 30.4 Å². The monoisotopic (exact) mass is 397 g/mol. The molecule has 7 nitrogen and oxygen atoms in total. The summed E-state index contributed by atoms with van der Waals surface area (Å²) in [5.41, 5.74) is 1.47. The number of hydrogen-bond donors (Lipinski definition) is 3. The summed E-state index contributed by atoms with van der Waals surface area (Å²) < 4.78 is 5.51. The minimum Gasteiger partial charge on any atom is -0.493 e. The summed E-state index contributed by atoms with van der Waals surface area (Å²) in [6.45, 7) is 7.40. The lowest BCUT2D eigenvalue weighted by Gasteiger charge is -2.22. The van der Waals surface area contributed by atoms with Crippen LogP contribution in [0, 0.1) is 5.92 Å². The molecule has 7 heteroatoms. The van der Waals surface area contributed by atoms with Gasteiger partial charge in [-0.15, -0.1) is 0 Å². The molecule has 2 aromatic carbocycles. The fourth-order valence-electron chi connectivity index (χ4n) is 2.79. The molecule has 0 heterocycles. The fourth-order valence-corrected chi connectivity index (χ4v) is 2.79. The van der Waals surface area contributed by atoms with Gasteiger partial charge >= 0.3 is 0 Å². The minimum absolute atomic E-state index is 0.142. The first kappa shape index (κ1) is 21.9. The zero-order chi connectivity index (χ0) is 21.4. The van der Waals surface area contributed by atoms with Gasteiger partial charge in [-0.25, -0.2) is 0 Å². The van der Waals surface area contributed by atoms with Crippen LogP contribution in [0.5, 0.6) is 5.75 Å². The molecule has 0 saturated carbocycles. The summed E-state index contributed by atoms with van der Waals surface area (Å²) in [6, 6.07) is 13.0. The second kappa shape index (κ2) is 10.3. The van der Waals surface area contributed by atoms with Gasteiger partial charge in [-0.3, -0.25) is 14.4 Å². The summed E-state index contributed by atoms with van der Waals surface area (Å²) in [5, 5.41) is 8.26. The molecular formula is C22H27N3O4. The van der Waals surface area contributed by atoms with Crippen LogP contribution in [-0.2, 0) is 9.59 Å². The predicted molar refractivity (Wildman–Crippen MR) is 113 cm³/mol. The lowest BCUT2D eigenvalue weighted by atomic mass is 10.0. The first-order valence-corrected chi connectivity index (χ1v) is 9.53. The fraction of sp³-hybridized carbons (Fsp3) is 0.318. The SMILES string of the molecule is CCOc1ccccc1C(=O)N[C@H](C(=O)Nc1cccc(NC(C)=O)c1)C(C)C. The second-order valence-electron chi connectivity index (χ2n) is 6.88. The number of para-hydroxylation sites is 1. The Morgan fingerprint density at radius 1 is 0.966 bits per heavy atom. The highest BCUT2D eigenvalue weighted by Gasteiger charge is 2.26. The number of hydrogen-bond acceptors (Lipinski definition) is 4. The van der Waals surface area contributed by atoms with Crippen molar-refractivity contribution in [2.45, 2.75) is 33.7 Å². The van der Waals surface area contributed by atoms with Crippen molar-refractivity contribution in [3.05, 3.63) is 54.1 Å². The van der Waals surface area contributed by atoms with Crippen LogP contribution in [0.25, 0.3) is 0 Å². The number of ether oxygens (including phenoxy) is 1. The third kappa shape index (κ3) is 6.34. The van der Waals surface area contributed by atoms with Crippen molar-refractivity contribution < 1.29 is 19.1 Å². The molecule has 3 amide bonds. The molecular weight excluding hydrogens is 370 g/mol. The smallest absolute Gasteiger partial charge is 0.255 e. The lowest BCUT2D eigenvalue weighted by Crippen LogP contribution is -2.47. The molecule has 0 aromatic heterocycles. The van der Waals surface area contributed by atoms with Crippen molar-refractivity contribution in [1.29, 1.82) is 0 Å². The normalized spacial score (nSPS) is 11.5. The quantitative estimate of drug-likeness (QED) is 0.636. The zero-order valence-corrected chi connectivity index (χ0v) is 17.1. The summed E-state index contributed by atoms with van der Waals surface area (Å²) in [7, 11) is 0. The lowest BCUT2D eigenvalue weighted by molar-refractivity contribution is -0.119. The van der Waals surface area contributed by atoms with Crippen molar-refractivity contribution in [2.75, 3.05) is 17.2 Å². The van der Waals surface area contributed by atoms with Gasteiger partial charge in [-0.2, -0.15) is 0 Å². The van der Waals surface area contributed by atoms with Crippen LogP contribution in [0.4, 0.5) is 11.4 Å². The van der Waals surface area contributed by atoms with Gasteiger partial charge in [0.2, 0.25) is 11.8 Å². The molecule has 0 fully saturated rings. The van der Waals surface area contributed by atoms with Crippen LogP contribution >= 0.6 is 0 Å². The third-order valence-corrected chi connectivity index (χ3v) is 4.12. The maximum atomic E-state index is 12.8. The van der Waals surface area contributed by atoms with E-state index >= 15 is 0 Å². The van der Waals surface area contributed by atoms with E-state index in [4.69, 9.17) is 4.74 Å². The molecule has 0 unspecified atom stereocenters. The Morgan fingerprint density at radius 3 is 2.24 bits per heavy atom. The van der Waals surface area contributed by atoms with E-state index < -0.39 is 6.04 Å². The van der Waals surface area contributed by atoms with E-state index in [-0.39, 0.29) is 23.6 Å². The molecule has 0 bridgehead atoms. The van der Waals surface area contributed by atoms with E-state index in [9.17, 15) is 14.4 Å². The number of anilines is 2. The summed E-state index contributed by atoms with van der Waals surface area (Å²) in [5.74, 6) is -0.596. The van der Waals surface area contributed by atoms with Gasteiger partial charge in [0.1, 0.15) is 11.8 Å². The highest BCUT2D eigenvalue weighted by molar-refractivity contribution is 6.02. The molecule has 29 heavy (non-hydrogen) atoms. The summed E-state index contributed by atoms with van der Waals surface area (Å²) in [4.78, 5) is 36.8. The van der Waals surface area contributed by atoms with Crippen molar-refractivity contribution >= 4 is 29.1 Å². The van der Waals surface area contributed by atoms with Gasteiger partial charge < -0.3 is 20.7 Å². The van der Waals surface area contributed by atoms with Gasteiger partial charge in [0.25, 0.3) is 5.91 Å².